The van der Waals surface area contributed by atoms with E-state index in [4.69, 9.17) is 4.74 Å². The zero-order valence-corrected chi connectivity index (χ0v) is 10.0. The molecular formula is C12H24FNO. The fourth-order valence-electron chi connectivity index (χ4n) is 2.31. The van der Waals surface area contributed by atoms with Gasteiger partial charge in [0.1, 0.15) is 0 Å². The topological polar surface area (TPSA) is 12.5 Å². The lowest BCUT2D eigenvalue weighted by Crippen LogP contribution is -2.43. The molecule has 0 radical (unpaired) electrons. The minimum Gasteiger partial charge on any atom is -0.381 e. The zero-order valence-electron chi connectivity index (χ0n) is 10.0. The average Bonchev–Trinajstić information content (AvgIpc) is 2.26. The molecule has 0 aromatic rings. The summed E-state index contributed by atoms with van der Waals surface area (Å²) in [5.41, 5.74) is 0. The number of nitrogens with zero attached hydrogens (tertiary/aromatic N) is 1. The molecule has 0 amide bonds. The summed E-state index contributed by atoms with van der Waals surface area (Å²) >= 11 is 0. The number of halogens is 1. The maximum Gasteiger partial charge on any atom is 0.0894 e. The molecule has 0 saturated carbocycles. The van der Waals surface area contributed by atoms with E-state index in [0.717, 1.165) is 45.2 Å². The van der Waals surface area contributed by atoms with E-state index < -0.39 is 0 Å². The standard InChI is InChI=1S/C12H24FNO/c1-11-10-12(15-2)6-9-14(11)8-5-3-4-7-13/h11-12H,3-10H2,1-2H3/t11-,12-/m0/s1. The smallest absolute Gasteiger partial charge is 0.0894 e. The first-order chi connectivity index (χ1) is 7.27. The zero-order chi connectivity index (χ0) is 11.1. The second kappa shape index (κ2) is 7.18. The number of likely N-dealkylation sites (tertiary alicyclic amines) is 1. The molecule has 0 spiro atoms. The van der Waals surface area contributed by atoms with Gasteiger partial charge in [0.25, 0.3) is 0 Å². The molecule has 2 atom stereocenters. The third-order valence-corrected chi connectivity index (χ3v) is 3.38. The Kier molecular flexibility index (Phi) is 6.18. The van der Waals surface area contributed by atoms with Crippen LogP contribution >= 0.6 is 0 Å². The molecule has 1 aliphatic rings. The van der Waals surface area contributed by atoms with Gasteiger partial charge >= 0.3 is 0 Å². The van der Waals surface area contributed by atoms with Crippen LogP contribution in [-0.4, -0.2) is 43.9 Å². The second-order valence-corrected chi connectivity index (χ2v) is 4.52. The van der Waals surface area contributed by atoms with Crippen molar-refractivity contribution >= 4 is 0 Å². The molecule has 0 aromatic carbocycles. The summed E-state index contributed by atoms with van der Waals surface area (Å²) in [7, 11) is 1.80. The quantitative estimate of drug-likeness (QED) is 0.634. The van der Waals surface area contributed by atoms with Crippen molar-refractivity contribution in [2.24, 2.45) is 0 Å². The van der Waals surface area contributed by atoms with Crippen LogP contribution in [0.15, 0.2) is 0 Å². The average molecular weight is 217 g/mol. The highest BCUT2D eigenvalue weighted by molar-refractivity contribution is 4.78. The summed E-state index contributed by atoms with van der Waals surface area (Å²) in [5.74, 6) is 0. The van der Waals surface area contributed by atoms with Crippen molar-refractivity contribution < 1.29 is 9.13 Å². The van der Waals surface area contributed by atoms with Crippen LogP contribution in [0.1, 0.15) is 39.0 Å². The van der Waals surface area contributed by atoms with Crippen LogP contribution in [0.4, 0.5) is 4.39 Å². The summed E-state index contributed by atoms with van der Waals surface area (Å²) in [6.45, 7) is 4.36. The predicted octanol–water partition coefficient (Wildman–Crippen LogP) is 2.63. The Morgan fingerprint density at radius 3 is 2.73 bits per heavy atom. The number of piperidine rings is 1. The van der Waals surface area contributed by atoms with Crippen molar-refractivity contribution in [3.05, 3.63) is 0 Å². The van der Waals surface area contributed by atoms with Gasteiger partial charge in [0.2, 0.25) is 0 Å². The first-order valence-corrected chi connectivity index (χ1v) is 6.10. The van der Waals surface area contributed by atoms with Crippen LogP contribution in [0.25, 0.3) is 0 Å². The number of rotatable bonds is 6. The van der Waals surface area contributed by atoms with E-state index in [-0.39, 0.29) is 6.67 Å². The van der Waals surface area contributed by atoms with Gasteiger partial charge in [0.15, 0.2) is 0 Å². The Labute approximate surface area is 92.8 Å². The molecule has 1 rings (SSSR count). The van der Waals surface area contributed by atoms with Crippen LogP contribution in [-0.2, 0) is 4.74 Å². The molecule has 90 valence electrons. The van der Waals surface area contributed by atoms with Gasteiger partial charge in [-0.2, -0.15) is 0 Å². The van der Waals surface area contributed by atoms with Gasteiger partial charge in [-0.3, -0.25) is 4.39 Å². The fraction of sp³-hybridized carbons (Fsp3) is 1.00. The molecular weight excluding hydrogens is 193 g/mol. The van der Waals surface area contributed by atoms with Crippen molar-refractivity contribution in [2.45, 2.75) is 51.2 Å². The van der Waals surface area contributed by atoms with Crippen LogP contribution in [0, 0.1) is 0 Å². The third kappa shape index (κ3) is 4.47. The molecule has 0 unspecified atom stereocenters. The molecule has 0 aliphatic carbocycles. The van der Waals surface area contributed by atoms with Crippen LogP contribution < -0.4 is 0 Å². The van der Waals surface area contributed by atoms with Crippen molar-refractivity contribution in [1.82, 2.24) is 4.90 Å². The first kappa shape index (κ1) is 12.9. The van der Waals surface area contributed by atoms with Gasteiger partial charge in [-0.15, -0.1) is 0 Å². The second-order valence-electron chi connectivity index (χ2n) is 4.52. The van der Waals surface area contributed by atoms with Crippen LogP contribution in [0.3, 0.4) is 0 Å². The molecule has 0 aromatic heterocycles. The highest BCUT2D eigenvalue weighted by atomic mass is 19.1. The van der Waals surface area contributed by atoms with Gasteiger partial charge in [-0.25, -0.2) is 0 Å². The van der Waals surface area contributed by atoms with E-state index in [9.17, 15) is 4.39 Å². The number of unbranched alkanes of at least 4 members (excludes halogenated alkanes) is 2. The van der Waals surface area contributed by atoms with Gasteiger partial charge in [-0.1, -0.05) is 0 Å². The molecule has 15 heavy (non-hydrogen) atoms. The Morgan fingerprint density at radius 1 is 1.33 bits per heavy atom. The van der Waals surface area contributed by atoms with E-state index in [0.29, 0.717) is 12.1 Å². The molecule has 1 saturated heterocycles. The monoisotopic (exact) mass is 217 g/mol. The normalized spacial score (nSPS) is 28.2. The highest BCUT2D eigenvalue weighted by Crippen LogP contribution is 2.19. The summed E-state index contributed by atoms with van der Waals surface area (Å²) in [6, 6.07) is 0.620. The molecule has 0 N–H and O–H groups in total. The molecule has 1 heterocycles. The first-order valence-electron chi connectivity index (χ1n) is 6.10. The van der Waals surface area contributed by atoms with Gasteiger partial charge in [0, 0.05) is 19.7 Å². The van der Waals surface area contributed by atoms with Crippen molar-refractivity contribution in [3.8, 4) is 0 Å². The van der Waals surface area contributed by atoms with E-state index in [1.165, 1.54) is 0 Å². The number of hydrogen-bond acceptors (Lipinski definition) is 2. The number of ether oxygens (including phenoxy) is 1. The number of methoxy groups -OCH3 is 1. The summed E-state index contributed by atoms with van der Waals surface area (Å²) in [4.78, 5) is 2.51. The molecule has 0 bridgehead atoms. The van der Waals surface area contributed by atoms with Crippen molar-refractivity contribution in [2.75, 3.05) is 26.9 Å². The van der Waals surface area contributed by atoms with E-state index >= 15 is 0 Å². The molecule has 1 fully saturated rings. The largest absolute Gasteiger partial charge is 0.381 e. The van der Waals surface area contributed by atoms with Crippen molar-refractivity contribution in [3.63, 3.8) is 0 Å². The maximum absolute atomic E-state index is 11.9. The van der Waals surface area contributed by atoms with E-state index in [1.807, 2.05) is 0 Å². The lowest BCUT2D eigenvalue weighted by atomic mass is 10.0. The Hall–Kier alpha value is -0.150. The fourth-order valence-corrected chi connectivity index (χ4v) is 2.31. The Morgan fingerprint density at radius 2 is 2.13 bits per heavy atom. The van der Waals surface area contributed by atoms with Gasteiger partial charge in [0.05, 0.1) is 12.8 Å². The van der Waals surface area contributed by atoms with Gasteiger partial charge in [-0.05, 0) is 45.6 Å². The van der Waals surface area contributed by atoms with Crippen LogP contribution in [0.5, 0.6) is 0 Å². The summed E-state index contributed by atoms with van der Waals surface area (Å²) < 4.78 is 17.3. The summed E-state index contributed by atoms with van der Waals surface area (Å²) in [6.07, 6.45) is 5.60. The molecule has 1 aliphatic heterocycles. The number of hydrogen-bond donors (Lipinski definition) is 0. The number of alkyl halides is 1. The SMILES string of the molecule is CO[C@H]1CCN(CCCCCF)[C@@H](C)C1. The van der Waals surface area contributed by atoms with E-state index in [2.05, 4.69) is 11.8 Å². The Balaban J connectivity index is 2.14. The lowest BCUT2D eigenvalue weighted by molar-refractivity contribution is 0.0155. The molecule has 2 nitrogen and oxygen atoms in total. The Bertz CT molecular complexity index is 166. The highest BCUT2D eigenvalue weighted by Gasteiger charge is 2.24. The minimum atomic E-state index is -0.165. The minimum absolute atomic E-state index is 0.165. The van der Waals surface area contributed by atoms with Gasteiger partial charge < -0.3 is 9.64 Å². The lowest BCUT2D eigenvalue weighted by Gasteiger charge is -2.37. The summed E-state index contributed by atoms with van der Waals surface area (Å²) in [5, 5.41) is 0. The van der Waals surface area contributed by atoms with Crippen LogP contribution in [0.2, 0.25) is 0 Å². The maximum atomic E-state index is 11.9. The molecule has 3 heteroatoms. The third-order valence-electron chi connectivity index (χ3n) is 3.38. The predicted molar refractivity (Wildman–Crippen MR) is 60.9 cm³/mol. The van der Waals surface area contributed by atoms with E-state index in [1.54, 1.807) is 7.11 Å². The van der Waals surface area contributed by atoms with Crippen molar-refractivity contribution in [1.29, 1.82) is 0 Å².